The monoisotopic (exact) mass is 333 g/mol. The van der Waals surface area contributed by atoms with E-state index in [1.807, 2.05) is 37.3 Å². The Labute approximate surface area is 143 Å². The third-order valence-electron chi connectivity index (χ3n) is 4.44. The molecule has 24 heavy (non-hydrogen) atoms. The van der Waals surface area contributed by atoms with Crippen LogP contribution in [0.1, 0.15) is 25.3 Å². The molecule has 132 valence electrons. The number of carbonyl (C=O) groups is 2. The number of nitrogens with zero attached hydrogens (tertiary/aromatic N) is 1. The molecule has 1 aromatic carbocycles. The topological polar surface area (TPSA) is 84.7 Å². The largest absolute Gasteiger partial charge is 0.381 e. The van der Waals surface area contributed by atoms with E-state index in [2.05, 4.69) is 5.32 Å². The first kappa shape index (κ1) is 18.4. The Morgan fingerprint density at radius 2 is 1.96 bits per heavy atom. The predicted octanol–water partition coefficient (Wildman–Crippen LogP) is 0.905. The van der Waals surface area contributed by atoms with E-state index in [1.165, 1.54) is 0 Å². The van der Waals surface area contributed by atoms with Crippen LogP contribution in [-0.4, -0.2) is 49.1 Å². The number of benzene rings is 1. The zero-order valence-electron chi connectivity index (χ0n) is 14.2. The molecule has 6 heteroatoms. The van der Waals surface area contributed by atoms with Gasteiger partial charge in [0.05, 0.1) is 12.6 Å². The number of nitrogens with two attached hydrogens (primary N) is 1. The lowest BCUT2D eigenvalue weighted by Crippen LogP contribution is -2.49. The maximum absolute atomic E-state index is 12.3. The van der Waals surface area contributed by atoms with Gasteiger partial charge in [-0.3, -0.25) is 9.59 Å². The maximum Gasteiger partial charge on any atom is 0.242 e. The third kappa shape index (κ3) is 5.32. The fourth-order valence-electron chi connectivity index (χ4n) is 2.86. The summed E-state index contributed by atoms with van der Waals surface area (Å²) in [5.74, 6) is -0.236. The van der Waals surface area contributed by atoms with Crippen LogP contribution in [0.2, 0.25) is 0 Å². The highest BCUT2D eigenvalue weighted by Crippen LogP contribution is 2.17. The Morgan fingerprint density at radius 3 is 2.58 bits per heavy atom. The molecule has 0 bridgehead atoms. The van der Waals surface area contributed by atoms with Crippen LogP contribution in [0.3, 0.4) is 0 Å². The van der Waals surface area contributed by atoms with Crippen LogP contribution in [0.5, 0.6) is 0 Å². The summed E-state index contributed by atoms with van der Waals surface area (Å²) in [5.41, 5.74) is 7.09. The van der Waals surface area contributed by atoms with Gasteiger partial charge < -0.3 is 20.7 Å². The van der Waals surface area contributed by atoms with E-state index in [9.17, 15) is 9.59 Å². The molecule has 1 saturated heterocycles. The van der Waals surface area contributed by atoms with Crippen molar-refractivity contribution in [3.63, 3.8) is 0 Å². The molecule has 0 aliphatic carbocycles. The Bertz CT molecular complexity index is 530. The minimum absolute atomic E-state index is 0.0174. The van der Waals surface area contributed by atoms with Crippen molar-refractivity contribution in [3.8, 4) is 0 Å². The number of likely N-dealkylation sites (N-methyl/N-ethyl adjacent to an activating group) is 1. The molecule has 2 rings (SSSR count). The molecule has 3 N–H and O–H groups in total. The number of nitrogens with one attached hydrogen (secondary N) is 1. The summed E-state index contributed by atoms with van der Waals surface area (Å²) >= 11 is 0. The van der Waals surface area contributed by atoms with Gasteiger partial charge in [0.25, 0.3) is 0 Å². The number of carbonyl (C=O) groups excluding carboxylic acids is 2. The predicted molar refractivity (Wildman–Crippen MR) is 92.1 cm³/mol. The van der Waals surface area contributed by atoms with Crippen LogP contribution in [0.25, 0.3) is 0 Å². The van der Waals surface area contributed by atoms with E-state index in [4.69, 9.17) is 10.5 Å². The van der Waals surface area contributed by atoms with Gasteiger partial charge in [0, 0.05) is 26.3 Å². The lowest BCUT2D eigenvalue weighted by Gasteiger charge is -2.27. The molecule has 2 amide bonds. The second kappa shape index (κ2) is 9.39. The standard InChI is InChI=1S/C18H27N3O3/c1-2-21(13-14-6-4-3-5-7-14)16(22)12-20-18(23)17(19)15-8-10-24-11-9-15/h3-7,15,17H,2,8-13,19H2,1H3,(H,20,23). The Morgan fingerprint density at radius 1 is 1.29 bits per heavy atom. The van der Waals surface area contributed by atoms with Gasteiger partial charge in [0.2, 0.25) is 11.8 Å². The van der Waals surface area contributed by atoms with E-state index in [0.717, 1.165) is 18.4 Å². The zero-order valence-corrected chi connectivity index (χ0v) is 14.2. The SMILES string of the molecule is CCN(Cc1ccccc1)C(=O)CNC(=O)C(N)C1CCOCC1. The van der Waals surface area contributed by atoms with Crippen LogP contribution < -0.4 is 11.1 Å². The van der Waals surface area contributed by atoms with Crippen LogP contribution in [0.4, 0.5) is 0 Å². The summed E-state index contributed by atoms with van der Waals surface area (Å²) in [6.45, 7) is 4.33. The van der Waals surface area contributed by atoms with Gasteiger partial charge in [-0.25, -0.2) is 0 Å². The van der Waals surface area contributed by atoms with Crippen molar-refractivity contribution in [1.29, 1.82) is 0 Å². The van der Waals surface area contributed by atoms with Crippen LogP contribution in [0, 0.1) is 5.92 Å². The molecule has 0 radical (unpaired) electrons. The minimum Gasteiger partial charge on any atom is -0.381 e. The van der Waals surface area contributed by atoms with Crippen molar-refractivity contribution in [2.75, 3.05) is 26.3 Å². The summed E-state index contributed by atoms with van der Waals surface area (Å²) in [4.78, 5) is 26.2. The third-order valence-corrected chi connectivity index (χ3v) is 4.44. The lowest BCUT2D eigenvalue weighted by atomic mass is 9.92. The van der Waals surface area contributed by atoms with Gasteiger partial charge in [-0.05, 0) is 31.2 Å². The van der Waals surface area contributed by atoms with Gasteiger partial charge >= 0.3 is 0 Å². The van der Waals surface area contributed by atoms with E-state index < -0.39 is 6.04 Å². The highest BCUT2D eigenvalue weighted by molar-refractivity contribution is 5.87. The zero-order chi connectivity index (χ0) is 17.4. The van der Waals surface area contributed by atoms with Crippen LogP contribution in [-0.2, 0) is 20.9 Å². The molecular weight excluding hydrogens is 306 g/mol. The molecule has 6 nitrogen and oxygen atoms in total. The fraction of sp³-hybridized carbons (Fsp3) is 0.556. The fourth-order valence-corrected chi connectivity index (χ4v) is 2.86. The molecule has 1 heterocycles. The summed E-state index contributed by atoms with van der Waals surface area (Å²) < 4.78 is 5.28. The maximum atomic E-state index is 12.3. The van der Waals surface area contributed by atoms with Crippen molar-refractivity contribution in [3.05, 3.63) is 35.9 Å². The van der Waals surface area contributed by atoms with Crippen molar-refractivity contribution in [2.45, 2.75) is 32.4 Å². The Balaban J connectivity index is 1.80. The van der Waals surface area contributed by atoms with E-state index >= 15 is 0 Å². The highest BCUT2D eigenvalue weighted by Gasteiger charge is 2.27. The average molecular weight is 333 g/mol. The molecule has 1 unspecified atom stereocenters. The normalized spacial score (nSPS) is 16.4. The number of ether oxygens (including phenoxy) is 1. The van der Waals surface area contributed by atoms with Crippen molar-refractivity contribution >= 4 is 11.8 Å². The number of hydrogen-bond acceptors (Lipinski definition) is 4. The van der Waals surface area contributed by atoms with Crippen LogP contribution >= 0.6 is 0 Å². The first-order chi connectivity index (χ1) is 11.6. The summed E-state index contributed by atoms with van der Waals surface area (Å²) in [6, 6.07) is 9.22. The first-order valence-corrected chi connectivity index (χ1v) is 8.54. The van der Waals surface area contributed by atoms with Crippen molar-refractivity contribution in [2.24, 2.45) is 11.7 Å². The molecule has 0 aromatic heterocycles. The van der Waals surface area contributed by atoms with E-state index in [1.54, 1.807) is 4.90 Å². The molecule has 1 aliphatic rings. The van der Waals surface area contributed by atoms with Gasteiger partial charge in [-0.15, -0.1) is 0 Å². The van der Waals surface area contributed by atoms with Crippen molar-refractivity contribution < 1.29 is 14.3 Å². The molecule has 1 atom stereocenters. The number of hydrogen-bond donors (Lipinski definition) is 2. The van der Waals surface area contributed by atoms with Gasteiger partial charge in [0.1, 0.15) is 0 Å². The molecule has 1 fully saturated rings. The Kier molecular flexibility index (Phi) is 7.21. The molecule has 0 spiro atoms. The molecular formula is C18H27N3O3. The quantitative estimate of drug-likeness (QED) is 0.777. The summed E-state index contributed by atoms with van der Waals surface area (Å²) in [6.07, 6.45) is 1.58. The second-order valence-electron chi connectivity index (χ2n) is 6.09. The Hall–Kier alpha value is -1.92. The van der Waals surface area contributed by atoms with Gasteiger partial charge in [-0.2, -0.15) is 0 Å². The van der Waals surface area contributed by atoms with E-state index in [0.29, 0.717) is 26.3 Å². The molecule has 0 saturated carbocycles. The molecule has 1 aliphatic heterocycles. The average Bonchev–Trinajstić information content (AvgIpc) is 2.64. The summed E-state index contributed by atoms with van der Waals surface area (Å²) in [7, 11) is 0. The smallest absolute Gasteiger partial charge is 0.242 e. The van der Waals surface area contributed by atoms with Gasteiger partial charge in [-0.1, -0.05) is 30.3 Å². The minimum atomic E-state index is -0.578. The second-order valence-corrected chi connectivity index (χ2v) is 6.09. The highest BCUT2D eigenvalue weighted by atomic mass is 16.5. The first-order valence-electron chi connectivity index (χ1n) is 8.54. The van der Waals surface area contributed by atoms with E-state index in [-0.39, 0.29) is 24.3 Å². The van der Waals surface area contributed by atoms with Gasteiger partial charge in [0.15, 0.2) is 0 Å². The number of rotatable bonds is 7. The number of amides is 2. The van der Waals surface area contributed by atoms with Crippen molar-refractivity contribution in [1.82, 2.24) is 10.2 Å². The molecule has 1 aromatic rings. The van der Waals surface area contributed by atoms with Crippen LogP contribution in [0.15, 0.2) is 30.3 Å². The summed E-state index contributed by atoms with van der Waals surface area (Å²) in [5, 5.41) is 2.68. The lowest BCUT2D eigenvalue weighted by molar-refractivity contribution is -0.134.